The molecular formula is C12H21N3OS2. The first-order valence-electron chi connectivity index (χ1n) is 6.02. The van der Waals surface area contributed by atoms with Gasteiger partial charge in [0, 0.05) is 20.1 Å². The van der Waals surface area contributed by atoms with Crippen molar-refractivity contribution in [1.29, 1.82) is 0 Å². The van der Waals surface area contributed by atoms with Crippen LogP contribution in [0.15, 0.2) is 4.90 Å². The molecule has 0 aromatic carbocycles. The van der Waals surface area contributed by atoms with Gasteiger partial charge in [0.1, 0.15) is 9.88 Å². The van der Waals surface area contributed by atoms with Gasteiger partial charge in [-0.2, -0.15) is 0 Å². The van der Waals surface area contributed by atoms with E-state index in [1.54, 1.807) is 11.8 Å². The number of hydrogen-bond acceptors (Lipinski definition) is 5. The van der Waals surface area contributed by atoms with Crippen molar-refractivity contribution in [2.45, 2.75) is 25.2 Å². The Morgan fingerprint density at radius 2 is 2.17 bits per heavy atom. The number of rotatable bonds is 6. The summed E-state index contributed by atoms with van der Waals surface area (Å²) in [5.74, 6) is -0.0774. The fourth-order valence-corrected chi connectivity index (χ4v) is 3.82. The van der Waals surface area contributed by atoms with Gasteiger partial charge in [-0.15, -0.1) is 23.1 Å². The van der Waals surface area contributed by atoms with Crippen molar-refractivity contribution < 1.29 is 4.79 Å². The third kappa shape index (κ3) is 3.11. The van der Waals surface area contributed by atoms with Gasteiger partial charge in [0.2, 0.25) is 0 Å². The molecule has 0 saturated carbocycles. The normalized spacial score (nSPS) is 10.4. The maximum absolute atomic E-state index is 11.9. The molecule has 0 aliphatic heterocycles. The molecular weight excluding hydrogens is 266 g/mol. The number of nitrogens with one attached hydrogen (secondary N) is 1. The molecule has 1 rings (SSSR count). The van der Waals surface area contributed by atoms with Gasteiger partial charge in [-0.3, -0.25) is 4.79 Å². The standard InChI is InChI=1S/C12H21N3OS2/c1-5-7-15(3)12-10(17-4)8(13)9(18-12)11(16)14-6-2/h5-7,13H2,1-4H3,(H,14,16). The topological polar surface area (TPSA) is 58.4 Å². The molecule has 0 radical (unpaired) electrons. The maximum Gasteiger partial charge on any atom is 0.263 e. The number of nitrogens with two attached hydrogens (primary N) is 1. The molecule has 0 fully saturated rings. The van der Waals surface area contributed by atoms with Crippen LogP contribution in [-0.4, -0.2) is 32.3 Å². The van der Waals surface area contributed by atoms with Gasteiger partial charge in [0.25, 0.3) is 5.91 Å². The van der Waals surface area contributed by atoms with Crippen LogP contribution in [0.5, 0.6) is 0 Å². The van der Waals surface area contributed by atoms with Gasteiger partial charge >= 0.3 is 0 Å². The summed E-state index contributed by atoms with van der Waals surface area (Å²) in [4.78, 5) is 15.7. The van der Waals surface area contributed by atoms with Crippen molar-refractivity contribution in [3.05, 3.63) is 4.88 Å². The third-order valence-corrected chi connectivity index (χ3v) is 4.80. The molecule has 0 bridgehead atoms. The quantitative estimate of drug-likeness (QED) is 0.790. The lowest BCUT2D eigenvalue weighted by Crippen LogP contribution is -2.22. The fourth-order valence-electron chi connectivity index (χ4n) is 1.71. The number of nitrogens with zero attached hydrogens (tertiary/aromatic N) is 1. The van der Waals surface area contributed by atoms with E-state index in [0.717, 1.165) is 22.9 Å². The van der Waals surface area contributed by atoms with E-state index in [1.807, 2.05) is 20.2 Å². The zero-order chi connectivity index (χ0) is 13.7. The first-order valence-corrected chi connectivity index (χ1v) is 8.06. The molecule has 6 heteroatoms. The maximum atomic E-state index is 11.9. The minimum Gasteiger partial charge on any atom is -0.396 e. The molecule has 102 valence electrons. The Morgan fingerprint density at radius 3 is 2.67 bits per heavy atom. The Kier molecular flexibility index (Phi) is 5.81. The molecule has 18 heavy (non-hydrogen) atoms. The zero-order valence-corrected chi connectivity index (χ0v) is 13.0. The second-order valence-corrected chi connectivity index (χ2v) is 5.78. The average Bonchev–Trinajstić information content (AvgIpc) is 2.67. The molecule has 1 heterocycles. The third-order valence-electron chi connectivity index (χ3n) is 2.54. The molecule has 3 N–H and O–H groups in total. The van der Waals surface area contributed by atoms with Gasteiger partial charge in [0.15, 0.2) is 0 Å². The van der Waals surface area contributed by atoms with E-state index in [1.165, 1.54) is 11.3 Å². The first kappa shape index (κ1) is 15.2. The van der Waals surface area contributed by atoms with E-state index in [2.05, 4.69) is 17.1 Å². The van der Waals surface area contributed by atoms with E-state index in [4.69, 9.17) is 5.73 Å². The predicted molar refractivity (Wildman–Crippen MR) is 82.1 cm³/mol. The monoisotopic (exact) mass is 287 g/mol. The van der Waals surface area contributed by atoms with Crippen molar-refractivity contribution in [3.63, 3.8) is 0 Å². The number of thioether (sulfide) groups is 1. The van der Waals surface area contributed by atoms with Crippen molar-refractivity contribution in [1.82, 2.24) is 5.32 Å². The van der Waals surface area contributed by atoms with E-state index < -0.39 is 0 Å². The van der Waals surface area contributed by atoms with Crippen LogP contribution >= 0.6 is 23.1 Å². The zero-order valence-electron chi connectivity index (χ0n) is 11.4. The number of carbonyl (C=O) groups is 1. The lowest BCUT2D eigenvalue weighted by atomic mass is 10.3. The summed E-state index contributed by atoms with van der Waals surface area (Å²) in [6.07, 6.45) is 3.06. The summed E-state index contributed by atoms with van der Waals surface area (Å²) >= 11 is 3.07. The average molecular weight is 287 g/mol. The van der Waals surface area contributed by atoms with Crippen molar-refractivity contribution in [3.8, 4) is 0 Å². The van der Waals surface area contributed by atoms with Crippen molar-refractivity contribution in [2.75, 3.05) is 37.0 Å². The minimum absolute atomic E-state index is 0.0774. The Balaban J connectivity index is 3.12. The fraction of sp³-hybridized carbons (Fsp3) is 0.583. The SMILES string of the molecule is CCCN(C)c1sc(C(=O)NCC)c(N)c1SC. The number of nitrogen functional groups attached to an aromatic ring is 1. The second-order valence-electron chi connectivity index (χ2n) is 3.96. The summed E-state index contributed by atoms with van der Waals surface area (Å²) in [6, 6.07) is 0. The highest BCUT2D eigenvalue weighted by molar-refractivity contribution is 7.99. The van der Waals surface area contributed by atoms with Gasteiger partial charge in [0.05, 0.1) is 10.6 Å². The predicted octanol–water partition coefficient (Wildman–Crippen LogP) is 2.65. The summed E-state index contributed by atoms with van der Waals surface area (Å²) in [7, 11) is 2.04. The molecule has 0 unspecified atom stereocenters. The Morgan fingerprint density at radius 1 is 1.50 bits per heavy atom. The number of anilines is 2. The highest BCUT2D eigenvalue weighted by Crippen LogP contribution is 2.43. The number of thiophene rings is 1. The molecule has 1 aromatic heterocycles. The van der Waals surface area contributed by atoms with Gasteiger partial charge < -0.3 is 16.0 Å². The van der Waals surface area contributed by atoms with E-state index >= 15 is 0 Å². The van der Waals surface area contributed by atoms with Crippen LogP contribution in [0.25, 0.3) is 0 Å². The van der Waals surface area contributed by atoms with Crippen LogP contribution in [0, 0.1) is 0 Å². The summed E-state index contributed by atoms with van der Waals surface area (Å²) in [5.41, 5.74) is 6.69. The van der Waals surface area contributed by atoms with Gasteiger partial charge in [-0.05, 0) is 19.6 Å². The largest absolute Gasteiger partial charge is 0.396 e. The molecule has 4 nitrogen and oxygen atoms in total. The molecule has 0 aliphatic rings. The second kappa shape index (κ2) is 6.89. The lowest BCUT2D eigenvalue weighted by Gasteiger charge is -2.17. The van der Waals surface area contributed by atoms with Crippen LogP contribution in [0.3, 0.4) is 0 Å². The molecule has 0 aliphatic carbocycles. The molecule has 0 spiro atoms. The summed E-state index contributed by atoms with van der Waals surface area (Å²) < 4.78 is 0. The lowest BCUT2D eigenvalue weighted by molar-refractivity contribution is 0.0960. The Hall–Kier alpha value is -0.880. The van der Waals surface area contributed by atoms with E-state index in [9.17, 15) is 4.79 Å². The molecule has 1 aromatic rings. The minimum atomic E-state index is -0.0774. The van der Waals surface area contributed by atoms with Crippen LogP contribution < -0.4 is 16.0 Å². The van der Waals surface area contributed by atoms with E-state index in [0.29, 0.717) is 17.1 Å². The molecule has 0 saturated heterocycles. The van der Waals surface area contributed by atoms with Gasteiger partial charge in [-0.1, -0.05) is 6.92 Å². The van der Waals surface area contributed by atoms with Crippen LogP contribution in [-0.2, 0) is 0 Å². The number of amides is 1. The van der Waals surface area contributed by atoms with E-state index in [-0.39, 0.29) is 5.91 Å². The van der Waals surface area contributed by atoms with Crippen LogP contribution in [0.2, 0.25) is 0 Å². The first-order chi connectivity index (χ1) is 8.56. The summed E-state index contributed by atoms with van der Waals surface area (Å²) in [5, 5.41) is 3.89. The molecule has 1 amide bonds. The highest BCUT2D eigenvalue weighted by Gasteiger charge is 2.21. The van der Waals surface area contributed by atoms with Crippen LogP contribution in [0.4, 0.5) is 10.7 Å². The Bertz CT molecular complexity index is 418. The van der Waals surface area contributed by atoms with Crippen molar-refractivity contribution in [2.24, 2.45) is 0 Å². The van der Waals surface area contributed by atoms with Crippen LogP contribution in [0.1, 0.15) is 29.9 Å². The highest BCUT2D eigenvalue weighted by atomic mass is 32.2. The molecule has 0 atom stereocenters. The number of carbonyl (C=O) groups excluding carboxylic acids is 1. The smallest absolute Gasteiger partial charge is 0.263 e. The Labute approximate surface area is 117 Å². The van der Waals surface area contributed by atoms with Crippen molar-refractivity contribution >= 4 is 39.7 Å². The summed E-state index contributed by atoms with van der Waals surface area (Å²) in [6.45, 7) is 5.62. The number of hydrogen-bond donors (Lipinski definition) is 2. The van der Waals surface area contributed by atoms with Gasteiger partial charge in [-0.25, -0.2) is 0 Å².